The van der Waals surface area contributed by atoms with Gasteiger partial charge in [0.15, 0.2) is 0 Å². The lowest BCUT2D eigenvalue weighted by molar-refractivity contribution is -0.0522. The molecule has 16 heavy (non-hydrogen) atoms. The zero-order valence-electron chi connectivity index (χ0n) is 8.97. The molecule has 0 fully saturated rings. The maximum atomic E-state index is 12.0. The van der Waals surface area contributed by atoms with Gasteiger partial charge in [-0.1, -0.05) is 6.08 Å². The fraction of sp³-hybridized carbons (Fsp3) is 0.556. The van der Waals surface area contributed by atoms with Crippen LogP contribution in [0, 0.1) is 0 Å². The highest BCUT2D eigenvalue weighted by Gasteiger charge is 2.48. The Labute approximate surface area is 92.7 Å². The Morgan fingerprint density at radius 3 is 2.25 bits per heavy atom. The Balaban J connectivity index is 4.80. The van der Waals surface area contributed by atoms with E-state index in [0.717, 1.165) is 0 Å². The average Bonchev–Trinajstić information content (AvgIpc) is 2.11. The van der Waals surface area contributed by atoms with Crippen molar-refractivity contribution >= 4 is 10.1 Å². The molecule has 0 rings (SSSR count). The molecule has 0 unspecified atom stereocenters. The van der Waals surface area contributed by atoms with Crippen LogP contribution in [0.4, 0.5) is 13.2 Å². The second kappa shape index (κ2) is 5.38. The van der Waals surface area contributed by atoms with Gasteiger partial charge in [0.25, 0.3) is 0 Å². The molecule has 0 amide bonds. The van der Waals surface area contributed by atoms with Crippen LogP contribution in [0.2, 0.25) is 0 Å². The third-order valence-electron chi connectivity index (χ3n) is 1.84. The fourth-order valence-electron chi connectivity index (χ4n) is 0.778. The summed E-state index contributed by atoms with van der Waals surface area (Å²) in [5, 5.41) is 0. The molecule has 0 heterocycles. The summed E-state index contributed by atoms with van der Waals surface area (Å²) in [6, 6.07) is 0. The van der Waals surface area contributed by atoms with E-state index in [0.29, 0.717) is 18.4 Å². The Hall–Kier alpha value is -0.980. The molecule has 0 saturated carbocycles. The molecule has 0 atom stereocenters. The van der Waals surface area contributed by atoms with Gasteiger partial charge in [-0.25, -0.2) is 0 Å². The van der Waals surface area contributed by atoms with Crippen molar-refractivity contribution in [3.8, 4) is 0 Å². The molecule has 0 bridgehead atoms. The van der Waals surface area contributed by atoms with Crippen molar-refractivity contribution < 1.29 is 25.8 Å². The van der Waals surface area contributed by atoms with Gasteiger partial charge in [-0.05, 0) is 32.3 Å². The van der Waals surface area contributed by atoms with Crippen LogP contribution in [0.5, 0.6) is 0 Å². The zero-order chi connectivity index (χ0) is 13.0. The highest BCUT2D eigenvalue weighted by Crippen LogP contribution is 2.27. The van der Waals surface area contributed by atoms with Gasteiger partial charge in [-0.3, -0.25) is 0 Å². The van der Waals surface area contributed by atoms with Crippen molar-refractivity contribution in [3.05, 3.63) is 24.0 Å². The van der Waals surface area contributed by atoms with Crippen LogP contribution < -0.4 is 0 Å². The SMILES string of the molecule is C=CCC/C(C)=C(\C)OS(=O)(=O)C(F)(F)F. The molecular formula is C9H13F3O3S. The maximum Gasteiger partial charge on any atom is 0.534 e. The molecule has 0 aliphatic heterocycles. The van der Waals surface area contributed by atoms with Crippen LogP contribution >= 0.6 is 0 Å². The van der Waals surface area contributed by atoms with E-state index in [9.17, 15) is 21.6 Å². The normalized spacial score (nSPS) is 14.3. The molecule has 0 aromatic heterocycles. The van der Waals surface area contributed by atoms with E-state index in [1.54, 1.807) is 6.08 Å². The largest absolute Gasteiger partial charge is 0.534 e. The molecule has 3 nitrogen and oxygen atoms in total. The van der Waals surface area contributed by atoms with E-state index in [-0.39, 0.29) is 5.76 Å². The monoisotopic (exact) mass is 258 g/mol. The first-order valence-electron chi connectivity index (χ1n) is 4.40. The second-order valence-electron chi connectivity index (χ2n) is 3.15. The summed E-state index contributed by atoms with van der Waals surface area (Å²) in [5.74, 6) is -0.251. The van der Waals surface area contributed by atoms with Gasteiger partial charge < -0.3 is 4.18 Å². The summed E-state index contributed by atoms with van der Waals surface area (Å²) in [5.41, 5.74) is -4.96. The van der Waals surface area contributed by atoms with Gasteiger partial charge in [0.05, 0.1) is 0 Å². The zero-order valence-corrected chi connectivity index (χ0v) is 9.78. The summed E-state index contributed by atoms with van der Waals surface area (Å²) in [6.07, 6.45) is 2.52. The van der Waals surface area contributed by atoms with E-state index < -0.39 is 15.6 Å². The van der Waals surface area contributed by atoms with Crippen molar-refractivity contribution in [2.24, 2.45) is 0 Å². The molecule has 94 valence electrons. The first kappa shape index (κ1) is 15.0. The molecule has 0 aromatic rings. The third-order valence-corrected chi connectivity index (χ3v) is 2.88. The number of alkyl halides is 3. The van der Waals surface area contributed by atoms with Crippen molar-refractivity contribution in [3.63, 3.8) is 0 Å². The predicted molar refractivity (Wildman–Crippen MR) is 53.9 cm³/mol. The standard InChI is InChI=1S/C9H13F3O3S/c1-4-5-6-7(2)8(3)15-16(13,14)9(10,11)12/h4H,1,5-6H2,2-3H3/b8-7+. The highest BCUT2D eigenvalue weighted by atomic mass is 32.2. The molecule has 7 heteroatoms. The minimum atomic E-state index is -5.55. The molecule has 0 aliphatic carbocycles. The molecule has 0 N–H and O–H groups in total. The maximum absolute atomic E-state index is 12.0. The van der Waals surface area contributed by atoms with Crippen LogP contribution in [-0.2, 0) is 14.3 Å². The molecule has 0 radical (unpaired) electrons. The molecule has 0 saturated heterocycles. The quantitative estimate of drug-likeness (QED) is 0.329. The lowest BCUT2D eigenvalue weighted by Crippen LogP contribution is -2.25. The molecular weight excluding hydrogens is 245 g/mol. The van der Waals surface area contributed by atoms with Crippen molar-refractivity contribution in [2.45, 2.75) is 32.2 Å². The van der Waals surface area contributed by atoms with Gasteiger partial charge in [0.2, 0.25) is 0 Å². The van der Waals surface area contributed by atoms with Crippen LogP contribution in [-0.4, -0.2) is 13.9 Å². The van der Waals surface area contributed by atoms with E-state index in [1.807, 2.05) is 0 Å². The van der Waals surface area contributed by atoms with Gasteiger partial charge in [0, 0.05) is 0 Å². The van der Waals surface area contributed by atoms with E-state index in [1.165, 1.54) is 13.8 Å². The van der Waals surface area contributed by atoms with Crippen LogP contribution in [0.3, 0.4) is 0 Å². The highest BCUT2D eigenvalue weighted by molar-refractivity contribution is 7.87. The topological polar surface area (TPSA) is 43.4 Å². The number of hydrogen-bond donors (Lipinski definition) is 0. The molecule has 0 aliphatic rings. The van der Waals surface area contributed by atoms with E-state index in [4.69, 9.17) is 0 Å². The lowest BCUT2D eigenvalue weighted by Gasteiger charge is -2.11. The van der Waals surface area contributed by atoms with Gasteiger partial charge in [-0.2, -0.15) is 21.6 Å². The summed E-state index contributed by atoms with van der Waals surface area (Å²) >= 11 is 0. The smallest absolute Gasteiger partial charge is 0.381 e. The summed E-state index contributed by atoms with van der Waals surface area (Å²) in [4.78, 5) is 0. The van der Waals surface area contributed by atoms with E-state index >= 15 is 0 Å². The van der Waals surface area contributed by atoms with Crippen molar-refractivity contribution in [1.29, 1.82) is 0 Å². The molecule has 0 aromatic carbocycles. The summed E-state index contributed by atoms with van der Waals surface area (Å²) < 4.78 is 61.1. The third kappa shape index (κ3) is 4.26. The fourth-order valence-corrected chi connectivity index (χ4v) is 1.34. The number of allylic oxidation sites excluding steroid dienone is 3. The van der Waals surface area contributed by atoms with Gasteiger partial charge in [-0.15, -0.1) is 6.58 Å². The van der Waals surface area contributed by atoms with Gasteiger partial charge >= 0.3 is 15.6 Å². The Morgan fingerprint density at radius 2 is 1.88 bits per heavy atom. The van der Waals surface area contributed by atoms with Gasteiger partial charge in [0.1, 0.15) is 5.76 Å². The second-order valence-corrected chi connectivity index (χ2v) is 4.68. The average molecular weight is 258 g/mol. The van der Waals surface area contributed by atoms with Crippen LogP contribution in [0.15, 0.2) is 24.0 Å². The minimum Gasteiger partial charge on any atom is -0.381 e. The Bertz CT molecular complexity index is 379. The summed E-state index contributed by atoms with van der Waals surface area (Å²) in [7, 11) is -5.55. The van der Waals surface area contributed by atoms with Crippen LogP contribution in [0.1, 0.15) is 26.7 Å². The predicted octanol–water partition coefficient (Wildman–Crippen LogP) is 3.11. The number of hydrogen-bond acceptors (Lipinski definition) is 3. The molecule has 0 spiro atoms. The Kier molecular flexibility index (Phi) is 5.05. The lowest BCUT2D eigenvalue weighted by atomic mass is 10.1. The van der Waals surface area contributed by atoms with Crippen molar-refractivity contribution in [1.82, 2.24) is 0 Å². The Morgan fingerprint density at radius 1 is 1.38 bits per heavy atom. The number of halogens is 3. The minimum absolute atomic E-state index is 0.251. The first-order valence-corrected chi connectivity index (χ1v) is 5.80. The number of rotatable bonds is 5. The van der Waals surface area contributed by atoms with Crippen molar-refractivity contribution in [2.75, 3.05) is 0 Å². The van der Waals surface area contributed by atoms with Crippen LogP contribution in [0.25, 0.3) is 0 Å². The summed E-state index contributed by atoms with van der Waals surface area (Å²) in [6.45, 7) is 6.13. The van der Waals surface area contributed by atoms with E-state index in [2.05, 4.69) is 10.8 Å². The first-order chi connectivity index (χ1) is 7.12.